The number of anilines is 3. The fraction of sp³-hybridized carbons (Fsp3) is 0.182. The standard InChI is InChI=1S/C22H21ClFN3O3/c1-3-22(28)27-20-12-15-18(26-14-5-6-17(24)16(23)11-14)7-8-25-19(15)13-21(20)30-10-9-29-4-2/h3,5-8,11-13H,1,4,9-10H2,2H3,(H,25,26)(H,27,28). The maximum atomic E-state index is 13.5. The lowest BCUT2D eigenvalue weighted by Crippen LogP contribution is -2.11. The summed E-state index contributed by atoms with van der Waals surface area (Å²) in [5.41, 5.74) is 2.44. The fourth-order valence-electron chi connectivity index (χ4n) is 2.77. The first-order valence-electron chi connectivity index (χ1n) is 9.30. The molecule has 0 atom stereocenters. The van der Waals surface area contributed by atoms with Gasteiger partial charge in [0.05, 0.1) is 22.8 Å². The van der Waals surface area contributed by atoms with Crippen LogP contribution in [-0.2, 0) is 9.53 Å². The van der Waals surface area contributed by atoms with Gasteiger partial charge < -0.3 is 20.1 Å². The van der Waals surface area contributed by atoms with E-state index in [2.05, 4.69) is 22.2 Å². The van der Waals surface area contributed by atoms with Crippen molar-refractivity contribution in [3.05, 3.63) is 66.1 Å². The number of rotatable bonds is 9. The highest BCUT2D eigenvalue weighted by molar-refractivity contribution is 6.31. The predicted molar refractivity (Wildman–Crippen MR) is 117 cm³/mol. The van der Waals surface area contributed by atoms with Crippen LogP contribution in [-0.4, -0.2) is 30.7 Å². The Balaban J connectivity index is 1.98. The Bertz CT molecular complexity index is 1070. The topological polar surface area (TPSA) is 72.5 Å². The van der Waals surface area contributed by atoms with Crippen LogP contribution in [0.15, 0.2) is 55.3 Å². The molecule has 1 aromatic heterocycles. The van der Waals surface area contributed by atoms with Crippen molar-refractivity contribution < 1.29 is 18.7 Å². The first-order chi connectivity index (χ1) is 14.5. The molecule has 0 radical (unpaired) electrons. The molecule has 0 aliphatic rings. The number of aromatic nitrogens is 1. The van der Waals surface area contributed by atoms with Gasteiger partial charge in [-0.1, -0.05) is 18.2 Å². The number of carbonyl (C=O) groups excluding carboxylic acids is 1. The van der Waals surface area contributed by atoms with Crippen molar-refractivity contribution in [1.29, 1.82) is 0 Å². The lowest BCUT2D eigenvalue weighted by Gasteiger charge is -2.15. The smallest absolute Gasteiger partial charge is 0.247 e. The molecule has 0 fully saturated rings. The Morgan fingerprint density at radius 1 is 1.23 bits per heavy atom. The zero-order chi connectivity index (χ0) is 21.5. The number of fused-ring (bicyclic) bond motifs is 1. The van der Waals surface area contributed by atoms with Crippen LogP contribution in [0.5, 0.6) is 5.75 Å². The summed E-state index contributed by atoms with van der Waals surface area (Å²) in [7, 11) is 0. The van der Waals surface area contributed by atoms with Crippen LogP contribution < -0.4 is 15.4 Å². The van der Waals surface area contributed by atoms with E-state index in [1.807, 2.05) is 6.92 Å². The normalized spacial score (nSPS) is 10.6. The van der Waals surface area contributed by atoms with Gasteiger partial charge in [0, 0.05) is 35.6 Å². The van der Waals surface area contributed by atoms with Crippen LogP contribution in [0.2, 0.25) is 5.02 Å². The second kappa shape index (κ2) is 10.0. The molecule has 0 saturated carbocycles. The molecule has 0 unspecified atom stereocenters. The van der Waals surface area contributed by atoms with Gasteiger partial charge in [0.15, 0.2) is 0 Å². The molecule has 3 rings (SSSR count). The zero-order valence-corrected chi connectivity index (χ0v) is 17.1. The molecule has 0 aliphatic heterocycles. The van der Waals surface area contributed by atoms with Crippen LogP contribution >= 0.6 is 11.6 Å². The second-order valence-corrected chi connectivity index (χ2v) is 6.62. The fourth-order valence-corrected chi connectivity index (χ4v) is 2.95. The molecule has 1 heterocycles. The molecule has 1 amide bonds. The predicted octanol–water partition coefficient (Wildman–Crippen LogP) is 5.31. The molecule has 8 heteroatoms. The zero-order valence-electron chi connectivity index (χ0n) is 16.4. The number of amides is 1. The molecule has 0 saturated heterocycles. The molecule has 0 bridgehead atoms. The minimum atomic E-state index is -0.495. The number of halogens is 2. The summed E-state index contributed by atoms with van der Waals surface area (Å²) >= 11 is 5.88. The number of hydrogen-bond donors (Lipinski definition) is 2. The average molecular weight is 430 g/mol. The van der Waals surface area contributed by atoms with Crippen molar-refractivity contribution in [3.63, 3.8) is 0 Å². The molecule has 6 nitrogen and oxygen atoms in total. The number of nitrogens with one attached hydrogen (secondary N) is 2. The van der Waals surface area contributed by atoms with Crippen molar-refractivity contribution in [2.75, 3.05) is 30.5 Å². The summed E-state index contributed by atoms with van der Waals surface area (Å²) < 4.78 is 24.5. The van der Waals surface area contributed by atoms with E-state index in [1.54, 1.807) is 30.5 Å². The molecule has 30 heavy (non-hydrogen) atoms. The van der Waals surface area contributed by atoms with E-state index in [0.29, 0.717) is 48.1 Å². The summed E-state index contributed by atoms with van der Waals surface area (Å²) in [5, 5.41) is 6.70. The van der Waals surface area contributed by atoms with Crippen molar-refractivity contribution in [3.8, 4) is 5.75 Å². The Kier molecular flexibility index (Phi) is 7.21. The number of pyridine rings is 1. The van der Waals surface area contributed by atoms with Crippen molar-refractivity contribution in [2.24, 2.45) is 0 Å². The SMILES string of the molecule is C=CC(=O)Nc1cc2c(Nc3ccc(F)c(Cl)c3)ccnc2cc1OCCOCC. The lowest BCUT2D eigenvalue weighted by atomic mass is 10.1. The van der Waals surface area contributed by atoms with Gasteiger partial charge in [-0.05, 0) is 43.3 Å². The summed E-state index contributed by atoms with van der Waals surface area (Å²) in [5.74, 6) is -0.398. The largest absolute Gasteiger partial charge is 0.489 e. The van der Waals surface area contributed by atoms with Crippen molar-refractivity contribution in [2.45, 2.75) is 6.92 Å². The maximum absolute atomic E-state index is 13.5. The number of nitrogens with zero attached hydrogens (tertiary/aromatic N) is 1. The maximum Gasteiger partial charge on any atom is 0.247 e. The van der Waals surface area contributed by atoms with E-state index < -0.39 is 5.82 Å². The van der Waals surface area contributed by atoms with Gasteiger partial charge in [0.2, 0.25) is 5.91 Å². The van der Waals surface area contributed by atoms with Gasteiger partial charge in [0.25, 0.3) is 0 Å². The van der Waals surface area contributed by atoms with Crippen LogP contribution in [0.3, 0.4) is 0 Å². The summed E-state index contributed by atoms with van der Waals surface area (Å²) in [4.78, 5) is 16.3. The second-order valence-electron chi connectivity index (χ2n) is 6.22. The Labute approximate surface area is 178 Å². The quantitative estimate of drug-likeness (QED) is 0.356. The van der Waals surface area contributed by atoms with E-state index >= 15 is 0 Å². The molecular formula is C22H21ClFN3O3. The van der Waals surface area contributed by atoms with Crippen molar-refractivity contribution >= 4 is 45.5 Å². The van der Waals surface area contributed by atoms with Gasteiger partial charge in [0.1, 0.15) is 18.2 Å². The molecule has 0 aliphatic carbocycles. The third-order valence-corrected chi connectivity index (χ3v) is 4.46. The van der Waals surface area contributed by atoms with Gasteiger partial charge in [-0.2, -0.15) is 0 Å². The minimum absolute atomic E-state index is 0.0160. The Morgan fingerprint density at radius 2 is 2.07 bits per heavy atom. The first-order valence-corrected chi connectivity index (χ1v) is 9.68. The molecule has 0 spiro atoms. The average Bonchev–Trinajstić information content (AvgIpc) is 2.74. The third-order valence-electron chi connectivity index (χ3n) is 4.17. The van der Waals surface area contributed by atoms with Crippen LogP contribution in [0.25, 0.3) is 10.9 Å². The van der Waals surface area contributed by atoms with E-state index in [-0.39, 0.29) is 10.9 Å². The van der Waals surface area contributed by atoms with Gasteiger partial charge in [-0.15, -0.1) is 0 Å². The van der Waals surface area contributed by atoms with E-state index in [1.165, 1.54) is 18.2 Å². The molecule has 2 N–H and O–H groups in total. The van der Waals surface area contributed by atoms with Gasteiger partial charge >= 0.3 is 0 Å². The Morgan fingerprint density at radius 3 is 2.80 bits per heavy atom. The highest BCUT2D eigenvalue weighted by atomic mass is 35.5. The highest BCUT2D eigenvalue weighted by Gasteiger charge is 2.12. The number of ether oxygens (including phenoxy) is 2. The highest BCUT2D eigenvalue weighted by Crippen LogP contribution is 2.34. The number of hydrogen-bond acceptors (Lipinski definition) is 5. The lowest BCUT2D eigenvalue weighted by molar-refractivity contribution is -0.111. The summed E-state index contributed by atoms with van der Waals surface area (Å²) in [6.07, 6.45) is 2.82. The van der Waals surface area contributed by atoms with E-state index in [4.69, 9.17) is 21.1 Å². The third kappa shape index (κ3) is 5.25. The first kappa shape index (κ1) is 21.5. The number of carbonyl (C=O) groups is 1. The van der Waals surface area contributed by atoms with E-state index in [9.17, 15) is 9.18 Å². The van der Waals surface area contributed by atoms with Crippen LogP contribution in [0.4, 0.5) is 21.5 Å². The minimum Gasteiger partial charge on any atom is -0.489 e. The summed E-state index contributed by atoms with van der Waals surface area (Å²) in [6, 6.07) is 9.63. The molecule has 2 aromatic carbocycles. The summed E-state index contributed by atoms with van der Waals surface area (Å²) in [6.45, 7) is 6.72. The monoisotopic (exact) mass is 429 g/mol. The molecular weight excluding hydrogens is 409 g/mol. The Hall–Kier alpha value is -3.16. The van der Waals surface area contributed by atoms with E-state index in [0.717, 1.165) is 5.39 Å². The molecule has 156 valence electrons. The number of benzene rings is 2. The molecule has 3 aromatic rings. The van der Waals surface area contributed by atoms with Crippen LogP contribution in [0, 0.1) is 5.82 Å². The van der Waals surface area contributed by atoms with Crippen LogP contribution in [0.1, 0.15) is 6.92 Å². The van der Waals surface area contributed by atoms with Gasteiger partial charge in [-0.3, -0.25) is 9.78 Å². The van der Waals surface area contributed by atoms with Gasteiger partial charge in [-0.25, -0.2) is 4.39 Å². The van der Waals surface area contributed by atoms with Crippen molar-refractivity contribution in [1.82, 2.24) is 4.98 Å².